The predicted molar refractivity (Wildman–Crippen MR) is 25.3 cm³/mol. The summed E-state index contributed by atoms with van der Waals surface area (Å²) in [6.45, 7) is 0. The van der Waals surface area contributed by atoms with E-state index in [1.54, 1.807) is 0 Å². The Morgan fingerprint density at radius 3 is 2.71 bits per heavy atom. The van der Waals surface area contributed by atoms with E-state index in [1.807, 2.05) is 0 Å². The molecule has 0 heterocycles. The lowest BCUT2D eigenvalue weighted by Crippen LogP contribution is -1.97. The molecule has 35 valence electrons. The summed E-state index contributed by atoms with van der Waals surface area (Å²) in [4.78, 5) is 10.00. The molecule has 0 spiro atoms. The van der Waals surface area contributed by atoms with Crippen molar-refractivity contribution in [3.63, 3.8) is 0 Å². The van der Waals surface area contributed by atoms with Gasteiger partial charge in [0, 0.05) is 0 Å². The summed E-state index contributed by atoms with van der Waals surface area (Å²) >= 11 is 0. The lowest BCUT2D eigenvalue weighted by Gasteiger charge is -1.87. The van der Waals surface area contributed by atoms with Crippen LogP contribution in [0.2, 0.25) is 0 Å². The molecule has 0 saturated carbocycles. The molecule has 0 unspecified atom stereocenters. The summed E-state index contributed by atoms with van der Waals surface area (Å²) in [6.07, 6.45) is 4.75. The zero-order valence-corrected chi connectivity index (χ0v) is 4.60. The maximum Gasteiger partial charge on any atom is 0.345 e. The van der Waals surface area contributed by atoms with E-state index < -0.39 is 5.97 Å². The third kappa shape index (κ3) is 3.07. The van der Waals surface area contributed by atoms with Crippen molar-refractivity contribution in [3.05, 3.63) is 0 Å². The zero-order chi connectivity index (χ0) is 5.70. The highest BCUT2D eigenvalue weighted by atomic mass is 28.2. The van der Waals surface area contributed by atoms with Crippen LogP contribution in [0.25, 0.3) is 0 Å². The van der Waals surface area contributed by atoms with Crippen molar-refractivity contribution in [2.45, 2.75) is 6.42 Å². The average Bonchev–Trinajstić information content (AvgIpc) is 1.68. The van der Waals surface area contributed by atoms with Crippen LogP contribution in [-0.4, -0.2) is 16.5 Å². The van der Waals surface area contributed by atoms with Gasteiger partial charge in [0.2, 0.25) is 0 Å². The van der Waals surface area contributed by atoms with Gasteiger partial charge in [-0.25, -0.2) is 0 Å². The van der Waals surface area contributed by atoms with Gasteiger partial charge in [0.15, 0.2) is 0 Å². The van der Waals surface area contributed by atoms with E-state index in [0.717, 1.165) is 0 Å². The van der Waals surface area contributed by atoms with Crippen LogP contribution in [-0.2, 0) is 9.22 Å². The minimum atomic E-state index is -0.445. The molecule has 0 aliphatic rings. The van der Waals surface area contributed by atoms with Crippen molar-refractivity contribution in [2.75, 3.05) is 0 Å². The summed E-state index contributed by atoms with van der Waals surface area (Å²) in [6, 6.07) is 0. The van der Waals surface area contributed by atoms with E-state index in [4.69, 9.17) is 6.42 Å². The van der Waals surface area contributed by atoms with Crippen LogP contribution in [0.15, 0.2) is 0 Å². The van der Waals surface area contributed by atoms with E-state index in [0.29, 0.717) is 0 Å². The van der Waals surface area contributed by atoms with Crippen molar-refractivity contribution in [1.29, 1.82) is 0 Å². The van der Waals surface area contributed by atoms with Crippen molar-refractivity contribution >= 4 is 16.5 Å². The third-order valence-corrected chi connectivity index (χ3v) is 0.588. The number of hydrogen-bond donors (Lipinski definition) is 0. The molecule has 0 aliphatic carbocycles. The fraction of sp³-hybridized carbons (Fsp3) is 0.250. The normalized spacial score (nSPS) is 6.86. The SMILES string of the molecule is C#CCC(=O)O[Si]. The molecule has 0 rings (SSSR count). The van der Waals surface area contributed by atoms with Gasteiger partial charge in [-0.1, -0.05) is 5.92 Å². The molecule has 0 N–H and O–H groups in total. The first-order valence-corrected chi connectivity index (χ1v) is 2.02. The molecular weight excluding hydrogens is 108 g/mol. The first-order valence-electron chi connectivity index (χ1n) is 1.61. The Bertz CT molecular complexity index is 103. The number of carbonyl (C=O) groups is 1. The minimum Gasteiger partial charge on any atom is -0.515 e. The Labute approximate surface area is 45.4 Å². The maximum atomic E-state index is 10.00. The molecule has 3 radical (unpaired) electrons. The van der Waals surface area contributed by atoms with Gasteiger partial charge in [0.25, 0.3) is 0 Å². The standard InChI is InChI=1S/C4H3O2Si/c1-2-3-4(5)6-7/h1H,3H2. The van der Waals surface area contributed by atoms with Crippen LogP contribution in [0, 0.1) is 12.3 Å². The van der Waals surface area contributed by atoms with Gasteiger partial charge in [0.05, 0.1) is 0 Å². The minimum absolute atomic E-state index is 0.0174. The quantitative estimate of drug-likeness (QED) is 0.341. The fourth-order valence-corrected chi connectivity index (χ4v) is 0.192. The Balaban J connectivity index is 3.23. The molecule has 0 aromatic carbocycles. The van der Waals surface area contributed by atoms with Gasteiger partial charge < -0.3 is 4.43 Å². The Hall–Kier alpha value is -0.753. The Morgan fingerprint density at radius 1 is 2.00 bits per heavy atom. The summed E-state index contributed by atoms with van der Waals surface area (Å²) in [7, 11) is 2.51. The van der Waals surface area contributed by atoms with Crippen molar-refractivity contribution in [1.82, 2.24) is 0 Å². The molecule has 2 nitrogen and oxygen atoms in total. The van der Waals surface area contributed by atoms with Crippen LogP contribution in [0.3, 0.4) is 0 Å². The smallest absolute Gasteiger partial charge is 0.345 e. The second kappa shape index (κ2) is 3.44. The molecule has 7 heavy (non-hydrogen) atoms. The number of hydrogen-bond acceptors (Lipinski definition) is 2. The monoisotopic (exact) mass is 111 g/mol. The molecule has 0 aliphatic heterocycles. The summed E-state index contributed by atoms with van der Waals surface area (Å²) in [5.74, 6) is 1.67. The number of rotatable bonds is 1. The van der Waals surface area contributed by atoms with Gasteiger partial charge in [-0.3, -0.25) is 4.79 Å². The Kier molecular flexibility index (Phi) is 3.07. The lowest BCUT2D eigenvalue weighted by atomic mass is 10.5. The average molecular weight is 111 g/mol. The van der Waals surface area contributed by atoms with Gasteiger partial charge in [-0.15, -0.1) is 6.42 Å². The molecular formula is C4H3O2Si. The molecule has 0 saturated heterocycles. The van der Waals surface area contributed by atoms with Crippen LogP contribution >= 0.6 is 0 Å². The molecule has 0 fully saturated rings. The maximum absolute atomic E-state index is 10.00. The summed E-state index contributed by atoms with van der Waals surface area (Å²) in [5.41, 5.74) is 0. The topological polar surface area (TPSA) is 26.3 Å². The van der Waals surface area contributed by atoms with Crippen LogP contribution in [0.5, 0.6) is 0 Å². The van der Waals surface area contributed by atoms with Crippen molar-refractivity contribution < 1.29 is 9.22 Å². The summed E-state index contributed by atoms with van der Waals surface area (Å²) in [5, 5.41) is 0. The Morgan fingerprint density at radius 2 is 2.57 bits per heavy atom. The fourth-order valence-electron chi connectivity index (χ4n) is 0.119. The second-order valence-corrected chi connectivity index (χ2v) is 1.06. The first kappa shape index (κ1) is 6.25. The van der Waals surface area contributed by atoms with E-state index in [9.17, 15) is 4.79 Å². The number of terminal acetylenes is 1. The van der Waals surface area contributed by atoms with Crippen LogP contribution in [0.4, 0.5) is 0 Å². The highest BCUT2D eigenvalue weighted by molar-refractivity contribution is 6.05. The van der Waals surface area contributed by atoms with Gasteiger partial charge >= 0.3 is 16.5 Å². The van der Waals surface area contributed by atoms with E-state index in [1.165, 1.54) is 0 Å². The lowest BCUT2D eigenvalue weighted by molar-refractivity contribution is -0.132. The number of carbonyl (C=O) groups excluding carboxylic acids is 1. The van der Waals surface area contributed by atoms with Gasteiger partial charge in [0.1, 0.15) is 6.42 Å². The molecule has 0 bridgehead atoms. The summed E-state index contributed by atoms with van der Waals surface area (Å²) < 4.78 is 4.01. The molecule has 3 heteroatoms. The molecule has 0 atom stereocenters. The predicted octanol–water partition coefficient (Wildman–Crippen LogP) is -0.364. The van der Waals surface area contributed by atoms with Crippen LogP contribution < -0.4 is 0 Å². The van der Waals surface area contributed by atoms with Gasteiger partial charge in [-0.2, -0.15) is 0 Å². The highest BCUT2D eigenvalue weighted by Crippen LogP contribution is 1.76. The largest absolute Gasteiger partial charge is 0.515 e. The van der Waals surface area contributed by atoms with E-state index in [2.05, 4.69) is 20.8 Å². The van der Waals surface area contributed by atoms with Crippen molar-refractivity contribution in [3.8, 4) is 12.3 Å². The molecule has 0 aromatic rings. The van der Waals surface area contributed by atoms with Crippen molar-refractivity contribution in [2.24, 2.45) is 0 Å². The second-order valence-electron chi connectivity index (χ2n) is 0.855. The molecule has 0 aromatic heterocycles. The highest BCUT2D eigenvalue weighted by Gasteiger charge is 1.90. The van der Waals surface area contributed by atoms with E-state index in [-0.39, 0.29) is 6.42 Å². The first-order chi connectivity index (χ1) is 3.31. The van der Waals surface area contributed by atoms with E-state index >= 15 is 0 Å². The van der Waals surface area contributed by atoms with Gasteiger partial charge in [-0.05, 0) is 0 Å². The van der Waals surface area contributed by atoms with Crippen LogP contribution in [0.1, 0.15) is 6.42 Å². The molecule has 0 amide bonds. The zero-order valence-electron chi connectivity index (χ0n) is 3.60. The third-order valence-electron chi connectivity index (χ3n) is 0.360.